The van der Waals surface area contributed by atoms with Crippen molar-refractivity contribution in [2.75, 3.05) is 0 Å². The predicted molar refractivity (Wildman–Crippen MR) is 74.8 cm³/mol. The molecule has 0 bridgehead atoms. The van der Waals surface area contributed by atoms with Gasteiger partial charge in [-0.15, -0.1) is 0 Å². The fourth-order valence-corrected chi connectivity index (χ4v) is 1.88. The molecule has 1 heterocycles. The molecule has 0 atom stereocenters. The van der Waals surface area contributed by atoms with E-state index in [0.717, 1.165) is 18.5 Å². The van der Waals surface area contributed by atoms with Gasteiger partial charge in [0.1, 0.15) is 12.1 Å². The minimum Gasteiger partial charge on any atom is -0.437 e. The van der Waals surface area contributed by atoms with Crippen LogP contribution in [0.2, 0.25) is 0 Å². The van der Waals surface area contributed by atoms with Crippen LogP contribution in [0.15, 0.2) is 30.7 Å². The summed E-state index contributed by atoms with van der Waals surface area (Å²) >= 11 is 1.83. The molecule has 0 saturated heterocycles. The molecule has 0 aliphatic heterocycles. The summed E-state index contributed by atoms with van der Waals surface area (Å²) in [7, 11) is 0. The number of ether oxygens (including phenoxy) is 1. The summed E-state index contributed by atoms with van der Waals surface area (Å²) in [5.41, 5.74) is 3.62. The topological polar surface area (TPSA) is 78.1 Å². The monoisotopic (exact) mass is 409 g/mol. The molecule has 1 aromatic carbocycles. The summed E-state index contributed by atoms with van der Waals surface area (Å²) in [6, 6.07) is 2.83. The van der Waals surface area contributed by atoms with Crippen molar-refractivity contribution in [2.24, 2.45) is 5.73 Å². The highest BCUT2D eigenvalue weighted by Gasteiger charge is 2.35. The zero-order valence-electron chi connectivity index (χ0n) is 10.2. The van der Waals surface area contributed by atoms with Crippen molar-refractivity contribution in [3.8, 4) is 11.6 Å². The maximum atomic E-state index is 13.0. The summed E-state index contributed by atoms with van der Waals surface area (Å²) in [4.78, 5) is 18.5. The second-order valence-corrected chi connectivity index (χ2v) is 5.01. The fourth-order valence-electron chi connectivity index (χ4n) is 1.47. The fraction of sp³-hybridized carbons (Fsp3) is 0.0833. The van der Waals surface area contributed by atoms with Gasteiger partial charge in [-0.2, -0.15) is 13.2 Å². The Balaban J connectivity index is 2.48. The van der Waals surface area contributed by atoms with Crippen molar-refractivity contribution >= 4 is 28.5 Å². The second-order valence-electron chi connectivity index (χ2n) is 3.85. The third-order valence-electron chi connectivity index (χ3n) is 2.41. The van der Waals surface area contributed by atoms with E-state index in [4.69, 9.17) is 10.5 Å². The van der Waals surface area contributed by atoms with Crippen LogP contribution in [0.4, 0.5) is 13.2 Å². The van der Waals surface area contributed by atoms with Crippen LogP contribution in [-0.2, 0) is 6.18 Å². The molecule has 0 spiro atoms. The number of carbonyl (C=O) groups excluding carboxylic acids is 1. The van der Waals surface area contributed by atoms with Gasteiger partial charge in [0.25, 0.3) is 0 Å². The third-order valence-corrected chi connectivity index (χ3v) is 3.15. The standard InChI is InChI=1S/C12H7F3IN3O2/c13-12(14,15)7-3-6(10(17)20)1-2-9(7)21-11-8(16)4-18-5-19-11/h1-5H,(H2,17,20). The quantitative estimate of drug-likeness (QED) is 0.791. The Morgan fingerprint density at radius 2 is 2.05 bits per heavy atom. The highest BCUT2D eigenvalue weighted by atomic mass is 127. The average Bonchev–Trinajstić information content (AvgIpc) is 2.40. The number of benzene rings is 1. The van der Waals surface area contributed by atoms with Crippen LogP contribution in [0.1, 0.15) is 15.9 Å². The third kappa shape index (κ3) is 3.60. The van der Waals surface area contributed by atoms with Crippen LogP contribution in [0, 0.1) is 3.57 Å². The molecule has 0 radical (unpaired) electrons. The largest absolute Gasteiger partial charge is 0.437 e. The molecule has 2 aromatic rings. The normalized spacial score (nSPS) is 11.2. The Kier molecular flexibility index (Phi) is 4.30. The second kappa shape index (κ2) is 5.84. The van der Waals surface area contributed by atoms with Gasteiger partial charge < -0.3 is 10.5 Å². The summed E-state index contributed by atoms with van der Waals surface area (Å²) in [6.45, 7) is 0. The molecular weight excluding hydrogens is 402 g/mol. The predicted octanol–water partition coefficient (Wildman–Crippen LogP) is 2.99. The highest BCUT2D eigenvalue weighted by molar-refractivity contribution is 14.1. The number of halogens is 4. The maximum Gasteiger partial charge on any atom is 0.420 e. The molecule has 5 nitrogen and oxygen atoms in total. The Morgan fingerprint density at radius 3 is 2.62 bits per heavy atom. The molecule has 2 rings (SSSR count). The minimum atomic E-state index is -4.70. The first-order valence-corrected chi connectivity index (χ1v) is 6.51. The first-order valence-electron chi connectivity index (χ1n) is 5.43. The van der Waals surface area contributed by atoms with Crippen LogP contribution in [-0.4, -0.2) is 15.9 Å². The van der Waals surface area contributed by atoms with Gasteiger partial charge in [0.2, 0.25) is 11.8 Å². The molecule has 0 unspecified atom stereocenters. The molecule has 1 amide bonds. The number of alkyl halides is 3. The van der Waals surface area contributed by atoms with Gasteiger partial charge in [0.05, 0.1) is 9.13 Å². The lowest BCUT2D eigenvalue weighted by Crippen LogP contribution is -2.14. The van der Waals surface area contributed by atoms with E-state index < -0.39 is 23.4 Å². The number of carbonyl (C=O) groups is 1. The molecule has 21 heavy (non-hydrogen) atoms. The van der Waals surface area contributed by atoms with E-state index in [2.05, 4.69) is 9.97 Å². The van der Waals surface area contributed by atoms with E-state index in [0.29, 0.717) is 9.64 Å². The van der Waals surface area contributed by atoms with Crippen LogP contribution in [0.3, 0.4) is 0 Å². The molecule has 0 fully saturated rings. The van der Waals surface area contributed by atoms with Crippen LogP contribution >= 0.6 is 22.6 Å². The summed E-state index contributed by atoms with van der Waals surface area (Å²) < 4.78 is 44.7. The Bertz CT molecular complexity index is 692. The van der Waals surface area contributed by atoms with Crippen LogP contribution in [0.25, 0.3) is 0 Å². The first kappa shape index (κ1) is 15.5. The minimum absolute atomic E-state index is 0.0112. The van der Waals surface area contributed by atoms with Gasteiger partial charge in [-0.1, -0.05) is 0 Å². The molecule has 0 aliphatic rings. The van der Waals surface area contributed by atoms with Crippen molar-refractivity contribution in [3.05, 3.63) is 45.4 Å². The lowest BCUT2D eigenvalue weighted by molar-refractivity contribution is -0.138. The number of amides is 1. The Labute approximate surface area is 130 Å². The van der Waals surface area contributed by atoms with Crippen LogP contribution < -0.4 is 10.5 Å². The summed E-state index contributed by atoms with van der Waals surface area (Å²) in [5, 5.41) is 0. The number of aromatic nitrogens is 2. The van der Waals surface area contributed by atoms with Gasteiger partial charge in [0.15, 0.2) is 0 Å². The van der Waals surface area contributed by atoms with Crippen LogP contribution in [0.5, 0.6) is 11.6 Å². The smallest absolute Gasteiger partial charge is 0.420 e. The molecular formula is C12H7F3IN3O2. The average molecular weight is 409 g/mol. The maximum absolute atomic E-state index is 13.0. The molecule has 0 aliphatic carbocycles. The number of nitrogens with zero attached hydrogens (tertiary/aromatic N) is 2. The number of hydrogen-bond donors (Lipinski definition) is 1. The van der Waals surface area contributed by atoms with E-state index in [1.807, 2.05) is 22.6 Å². The molecule has 0 saturated carbocycles. The van der Waals surface area contributed by atoms with E-state index >= 15 is 0 Å². The number of primary amides is 1. The van der Waals surface area contributed by atoms with Crippen molar-refractivity contribution < 1.29 is 22.7 Å². The molecule has 2 N–H and O–H groups in total. The van der Waals surface area contributed by atoms with E-state index in [9.17, 15) is 18.0 Å². The zero-order chi connectivity index (χ0) is 15.6. The van der Waals surface area contributed by atoms with Crippen molar-refractivity contribution in [1.29, 1.82) is 0 Å². The lowest BCUT2D eigenvalue weighted by Gasteiger charge is -2.14. The zero-order valence-corrected chi connectivity index (χ0v) is 12.3. The van der Waals surface area contributed by atoms with Crippen molar-refractivity contribution in [3.63, 3.8) is 0 Å². The van der Waals surface area contributed by atoms with Gasteiger partial charge in [-0.25, -0.2) is 9.97 Å². The van der Waals surface area contributed by atoms with Crippen molar-refractivity contribution in [1.82, 2.24) is 9.97 Å². The molecule has 9 heteroatoms. The van der Waals surface area contributed by atoms with E-state index in [1.165, 1.54) is 6.20 Å². The Morgan fingerprint density at radius 1 is 1.33 bits per heavy atom. The first-order chi connectivity index (χ1) is 9.79. The molecule has 1 aromatic heterocycles. The lowest BCUT2D eigenvalue weighted by atomic mass is 10.1. The van der Waals surface area contributed by atoms with Gasteiger partial charge in [0, 0.05) is 11.8 Å². The van der Waals surface area contributed by atoms with Gasteiger partial charge in [-0.3, -0.25) is 4.79 Å². The van der Waals surface area contributed by atoms with E-state index in [1.54, 1.807) is 0 Å². The summed E-state index contributed by atoms with van der Waals surface area (Å²) in [6.07, 6.45) is -2.14. The van der Waals surface area contributed by atoms with Crippen molar-refractivity contribution in [2.45, 2.75) is 6.18 Å². The van der Waals surface area contributed by atoms with E-state index in [-0.39, 0.29) is 11.4 Å². The SMILES string of the molecule is NC(=O)c1ccc(Oc2ncncc2I)c(C(F)(F)F)c1. The molecule has 110 valence electrons. The van der Waals surface area contributed by atoms with Gasteiger partial charge >= 0.3 is 6.18 Å². The number of rotatable bonds is 3. The Hall–Kier alpha value is -1.91. The summed E-state index contributed by atoms with van der Waals surface area (Å²) in [5.74, 6) is -1.43. The van der Waals surface area contributed by atoms with Gasteiger partial charge in [-0.05, 0) is 40.8 Å². The number of nitrogens with two attached hydrogens (primary N) is 1. The number of hydrogen-bond acceptors (Lipinski definition) is 4. The highest BCUT2D eigenvalue weighted by Crippen LogP contribution is 2.38.